The van der Waals surface area contributed by atoms with Gasteiger partial charge >= 0.3 is 0 Å². The van der Waals surface area contributed by atoms with Gasteiger partial charge in [0, 0.05) is 24.7 Å². The minimum absolute atomic E-state index is 0.100. The standard InChI is InChI=1S/C20H25FN4O2/c1-3-14(2)25-18(10-11-22-25)23-19(26)16-5-4-12-24(13-16)20(27)15-6-8-17(21)9-7-15/h6-11,14,16H,3-5,12-13H2,1-2H3,(H,23,26). The number of carbonyl (C=O) groups excluding carboxylic acids is 2. The number of rotatable bonds is 5. The Bertz CT molecular complexity index is 803. The highest BCUT2D eigenvalue weighted by Crippen LogP contribution is 2.22. The molecule has 6 nitrogen and oxygen atoms in total. The number of hydrogen-bond acceptors (Lipinski definition) is 3. The van der Waals surface area contributed by atoms with E-state index in [9.17, 15) is 14.0 Å². The van der Waals surface area contributed by atoms with Gasteiger partial charge in [-0.1, -0.05) is 6.92 Å². The normalized spacial score (nSPS) is 18.2. The summed E-state index contributed by atoms with van der Waals surface area (Å²) in [5.41, 5.74) is 0.437. The van der Waals surface area contributed by atoms with E-state index in [0.29, 0.717) is 24.5 Å². The fraction of sp³-hybridized carbons (Fsp3) is 0.450. The molecule has 27 heavy (non-hydrogen) atoms. The maximum atomic E-state index is 13.1. The summed E-state index contributed by atoms with van der Waals surface area (Å²) in [7, 11) is 0. The summed E-state index contributed by atoms with van der Waals surface area (Å²) in [5, 5.41) is 7.24. The Morgan fingerprint density at radius 1 is 1.30 bits per heavy atom. The number of benzene rings is 1. The van der Waals surface area contributed by atoms with Crippen LogP contribution in [0.1, 0.15) is 49.5 Å². The maximum absolute atomic E-state index is 13.1. The Labute approximate surface area is 158 Å². The first-order chi connectivity index (χ1) is 13.0. The predicted molar refractivity (Wildman–Crippen MR) is 101 cm³/mol. The first kappa shape index (κ1) is 19.1. The van der Waals surface area contributed by atoms with E-state index in [-0.39, 0.29) is 29.6 Å². The Morgan fingerprint density at radius 2 is 2.04 bits per heavy atom. The van der Waals surface area contributed by atoms with E-state index in [0.717, 1.165) is 19.3 Å². The van der Waals surface area contributed by atoms with Crippen molar-refractivity contribution in [3.05, 3.63) is 47.9 Å². The van der Waals surface area contributed by atoms with Crippen molar-refractivity contribution in [2.45, 2.75) is 39.2 Å². The third kappa shape index (κ3) is 4.35. The summed E-state index contributed by atoms with van der Waals surface area (Å²) in [6, 6.07) is 7.49. The molecule has 1 aromatic carbocycles. The van der Waals surface area contributed by atoms with Crippen LogP contribution in [0.4, 0.5) is 10.2 Å². The van der Waals surface area contributed by atoms with Gasteiger partial charge in [0.1, 0.15) is 11.6 Å². The third-order valence-electron chi connectivity index (χ3n) is 5.10. The number of hydrogen-bond donors (Lipinski definition) is 1. The molecule has 2 aromatic rings. The smallest absolute Gasteiger partial charge is 0.253 e. The van der Waals surface area contributed by atoms with E-state index in [4.69, 9.17) is 0 Å². The van der Waals surface area contributed by atoms with Gasteiger partial charge in [0.15, 0.2) is 0 Å². The summed E-state index contributed by atoms with van der Waals surface area (Å²) in [6.45, 7) is 5.08. The van der Waals surface area contributed by atoms with Gasteiger partial charge in [0.05, 0.1) is 18.2 Å². The minimum Gasteiger partial charge on any atom is -0.338 e. The van der Waals surface area contributed by atoms with Crippen LogP contribution in [0.15, 0.2) is 36.5 Å². The number of aromatic nitrogens is 2. The number of anilines is 1. The van der Waals surface area contributed by atoms with Gasteiger partial charge in [-0.05, 0) is 50.5 Å². The molecule has 1 aromatic heterocycles. The molecule has 0 spiro atoms. The highest BCUT2D eigenvalue weighted by Gasteiger charge is 2.29. The molecule has 2 unspecified atom stereocenters. The molecule has 1 fully saturated rings. The first-order valence-electron chi connectivity index (χ1n) is 9.38. The summed E-state index contributed by atoms with van der Waals surface area (Å²) in [5.74, 6) is -0.242. The molecule has 0 aliphatic carbocycles. The average Bonchev–Trinajstić information content (AvgIpc) is 3.15. The third-order valence-corrected chi connectivity index (χ3v) is 5.10. The molecule has 0 saturated carbocycles. The molecular formula is C20H25FN4O2. The van der Waals surface area contributed by atoms with Crippen LogP contribution in [-0.2, 0) is 4.79 Å². The molecule has 2 amide bonds. The molecule has 3 rings (SSSR count). The van der Waals surface area contributed by atoms with Crippen LogP contribution in [0.2, 0.25) is 0 Å². The van der Waals surface area contributed by atoms with Gasteiger partial charge in [-0.15, -0.1) is 0 Å². The molecule has 144 valence electrons. The highest BCUT2D eigenvalue weighted by atomic mass is 19.1. The molecule has 0 radical (unpaired) electrons. The van der Waals surface area contributed by atoms with Crippen LogP contribution in [0.25, 0.3) is 0 Å². The van der Waals surface area contributed by atoms with Crippen LogP contribution in [0.5, 0.6) is 0 Å². The van der Waals surface area contributed by atoms with Crippen molar-refractivity contribution in [2.75, 3.05) is 18.4 Å². The van der Waals surface area contributed by atoms with Crippen LogP contribution in [0, 0.1) is 11.7 Å². The molecule has 2 atom stereocenters. The van der Waals surface area contributed by atoms with Crippen molar-refractivity contribution in [1.82, 2.24) is 14.7 Å². The molecule has 0 bridgehead atoms. The summed E-state index contributed by atoms with van der Waals surface area (Å²) in [4.78, 5) is 27.0. The predicted octanol–water partition coefficient (Wildman–Crippen LogP) is 3.48. The number of nitrogens with zero attached hydrogens (tertiary/aromatic N) is 3. The van der Waals surface area contributed by atoms with Crippen molar-refractivity contribution in [3.8, 4) is 0 Å². The number of piperidine rings is 1. The SMILES string of the molecule is CCC(C)n1nccc1NC(=O)C1CCCN(C(=O)c2ccc(F)cc2)C1. The summed E-state index contributed by atoms with van der Waals surface area (Å²) >= 11 is 0. The van der Waals surface area contributed by atoms with E-state index >= 15 is 0 Å². The largest absolute Gasteiger partial charge is 0.338 e. The molecule has 1 aliphatic rings. The van der Waals surface area contributed by atoms with Crippen molar-refractivity contribution in [1.29, 1.82) is 0 Å². The molecule has 7 heteroatoms. The summed E-state index contributed by atoms with van der Waals surface area (Å²) < 4.78 is 14.9. The average molecular weight is 372 g/mol. The number of amides is 2. The minimum atomic E-state index is -0.375. The van der Waals surface area contributed by atoms with Crippen LogP contribution in [-0.4, -0.2) is 39.6 Å². The fourth-order valence-electron chi connectivity index (χ4n) is 3.32. The maximum Gasteiger partial charge on any atom is 0.253 e. The zero-order chi connectivity index (χ0) is 19.4. The quantitative estimate of drug-likeness (QED) is 0.874. The second-order valence-electron chi connectivity index (χ2n) is 7.00. The van der Waals surface area contributed by atoms with E-state index in [1.165, 1.54) is 24.3 Å². The number of nitrogens with one attached hydrogen (secondary N) is 1. The van der Waals surface area contributed by atoms with Gasteiger partial charge in [0.2, 0.25) is 5.91 Å². The Hall–Kier alpha value is -2.70. The van der Waals surface area contributed by atoms with Gasteiger partial charge in [-0.3, -0.25) is 9.59 Å². The lowest BCUT2D eigenvalue weighted by atomic mass is 9.96. The molecule has 1 saturated heterocycles. The monoisotopic (exact) mass is 372 g/mol. The van der Waals surface area contributed by atoms with Crippen molar-refractivity contribution < 1.29 is 14.0 Å². The number of carbonyl (C=O) groups is 2. The first-order valence-corrected chi connectivity index (χ1v) is 9.38. The number of likely N-dealkylation sites (tertiary alicyclic amines) is 1. The lowest BCUT2D eigenvalue weighted by Crippen LogP contribution is -2.44. The van der Waals surface area contributed by atoms with Gasteiger partial charge in [0.25, 0.3) is 5.91 Å². The Balaban J connectivity index is 1.65. The van der Waals surface area contributed by atoms with Crippen molar-refractivity contribution >= 4 is 17.6 Å². The van der Waals surface area contributed by atoms with Crippen molar-refractivity contribution in [3.63, 3.8) is 0 Å². The van der Waals surface area contributed by atoms with E-state index in [1.54, 1.807) is 17.2 Å². The molecular weight excluding hydrogens is 347 g/mol. The fourth-order valence-corrected chi connectivity index (χ4v) is 3.32. The van der Waals surface area contributed by atoms with Gasteiger partial charge in [-0.2, -0.15) is 5.10 Å². The van der Waals surface area contributed by atoms with Gasteiger partial charge in [-0.25, -0.2) is 9.07 Å². The topological polar surface area (TPSA) is 67.2 Å². The Kier molecular flexibility index (Phi) is 5.88. The van der Waals surface area contributed by atoms with E-state index in [1.807, 2.05) is 11.6 Å². The zero-order valence-electron chi connectivity index (χ0n) is 15.7. The van der Waals surface area contributed by atoms with E-state index < -0.39 is 0 Å². The summed E-state index contributed by atoms with van der Waals surface area (Å²) in [6.07, 6.45) is 4.08. The van der Waals surface area contributed by atoms with Crippen LogP contribution in [0.3, 0.4) is 0 Å². The second kappa shape index (κ2) is 8.33. The molecule has 2 heterocycles. The molecule has 1 aliphatic heterocycles. The van der Waals surface area contributed by atoms with Crippen LogP contribution >= 0.6 is 0 Å². The lowest BCUT2D eigenvalue weighted by molar-refractivity contribution is -0.121. The van der Waals surface area contributed by atoms with Gasteiger partial charge < -0.3 is 10.2 Å². The second-order valence-corrected chi connectivity index (χ2v) is 7.00. The molecule has 1 N–H and O–H groups in total. The van der Waals surface area contributed by atoms with E-state index in [2.05, 4.69) is 17.3 Å². The Morgan fingerprint density at radius 3 is 2.74 bits per heavy atom. The zero-order valence-corrected chi connectivity index (χ0v) is 15.7. The highest BCUT2D eigenvalue weighted by molar-refractivity contribution is 5.96. The number of halogens is 1. The van der Waals surface area contributed by atoms with Crippen molar-refractivity contribution in [2.24, 2.45) is 5.92 Å². The lowest BCUT2D eigenvalue weighted by Gasteiger charge is -2.32. The van der Waals surface area contributed by atoms with Crippen LogP contribution < -0.4 is 5.32 Å².